The Balaban J connectivity index is 1.53. The van der Waals surface area contributed by atoms with Gasteiger partial charge < -0.3 is 51.6 Å². The van der Waals surface area contributed by atoms with Crippen molar-refractivity contribution in [1.29, 1.82) is 0 Å². The van der Waals surface area contributed by atoms with E-state index >= 15 is 0 Å². The Morgan fingerprint density at radius 3 is 2.38 bits per heavy atom. The Labute approximate surface area is 457 Å². The van der Waals surface area contributed by atoms with Crippen molar-refractivity contribution in [3.63, 3.8) is 0 Å². The molecule has 0 aromatic heterocycles. The molecule has 0 radical (unpaired) electrons. The van der Waals surface area contributed by atoms with E-state index in [1.54, 1.807) is 63.3 Å². The van der Waals surface area contributed by atoms with E-state index in [0.29, 0.717) is 55.3 Å². The number of ether oxygens (including phenoxy) is 1. The molecule has 2 bridgehead atoms. The average Bonchev–Trinajstić information content (AvgIpc) is 3.38. The number of nitrogens with one attached hydrogen (secondary N) is 4. The third kappa shape index (κ3) is 19.2. The zero-order valence-corrected chi connectivity index (χ0v) is 47.4. The third-order valence-corrected chi connectivity index (χ3v) is 15.8. The third-order valence-electron chi connectivity index (χ3n) is 15.8. The topological polar surface area (TPSA) is 270 Å². The van der Waals surface area contributed by atoms with Crippen molar-refractivity contribution < 1.29 is 53.9 Å². The van der Waals surface area contributed by atoms with Crippen molar-refractivity contribution in [2.24, 2.45) is 41.4 Å². The second-order valence-electron chi connectivity index (χ2n) is 22.6. The first kappa shape index (κ1) is 64.1. The summed E-state index contributed by atoms with van der Waals surface area (Å²) in [6.07, 6.45) is 15.5. The van der Waals surface area contributed by atoms with E-state index in [2.05, 4.69) is 28.3 Å². The molecule has 0 saturated carbocycles. The van der Waals surface area contributed by atoms with Crippen LogP contribution in [0.4, 0.5) is 5.69 Å². The number of carbonyl (C=O) groups excluding carboxylic acids is 6. The molecule has 4 amide bonds. The highest BCUT2D eigenvalue weighted by molar-refractivity contribution is 5.93. The maximum absolute atomic E-state index is 14.5. The first-order chi connectivity index (χ1) is 36.4. The summed E-state index contributed by atoms with van der Waals surface area (Å²) in [5.74, 6) is -5.43. The number of hydrogen-bond acceptors (Lipinski definition) is 13. The van der Waals surface area contributed by atoms with Gasteiger partial charge in [0, 0.05) is 49.2 Å². The summed E-state index contributed by atoms with van der Waals surface area (Å²) >= 11 is 0. The van der Waals surface area contributed by atoms with Crippen molar-refractivity contribution in [2.75, 3.05) is 12.3 Å². The molecule has 77 heavy (non-hydrogen) atoms. The van der Waals surface area contributed by atoms with E-state index in [1.165, 1.54) is 18.0 Å². The number of carbonyl (C=O) groups is 6. The molecule has 17 nitrogen and oxygen atoms in total. The Bertz CT molecular complexity index is 2310. The van der Waals surface area contributed by atoms with Crippen LogP contribution >= 0.6 is 0 Å². The van der Waals surface area contributed by atoms with Crippen LogP contribution in [-0.2, 0) is 39.9 Å². The summed E-state index contributed by atoms with van der Waals surface area (Å²) in [5.41, 5.74) is 10.4. The van der Waals surface area contributed by atoms with Gasteiger partial charge in [-0.15, -0.1) is 0 Å². The zero-order valence-electron chi connectivity index (χ0n) is 47.4. The number of esters is 1. The lowest BCUT2D eigenvalue weighted by atomic mass is 9.77. The molecule has 10 unspecified atom stereocenters. The van der Waals surface area contributed by atoms with E-state index in [9.17, 15) is 49.2 Å². The molecular formula is C60H92N6O11. The quantitative estimate of drug-likeness (QED) is 0.0343. The largest absolute Gasteiger partial charge is 0.456 e. The number of cyclic esters (lactones) is 1. The van der Waals surface area contributed by atoms with Crippen molar-refractivity contribution in [3.8, 4) is 0 Å². The highest BCUT2D eigenvalue weighted by Crippen LogP contribution is 2.35. The average molecular weight is 1070 g/mol. The molecule has 0 aliphatic carbocycles. The number of nitrogens with two attached hydrogens (primary N) is 1. The van der Waals surface area contributed by atoms with E-state index < -0.39 is 89.7 Å². The monoisotopic (exact) mass is 1070 g/mol. The fraction of sp³-hybridized carbons (Fsp3) is 0.633. The number of allylic oxidation sites excluding steroid dienone is 6. The number of benzene rings is 1. The van der Waals surface area contributed by atoms with E-state index in [-0.39, 0.29) is 67.6 Å². The van der Waals surface area contributed by atoms with Crippen LogP contribution in [0, 0.1) is 41.4 Å². The van der Waals surface area contributed by atoms with E-state index in [4.69, 9.17) is 10.5 Å². The summed E-state index contributed by atoms with van der Waals surface area (Å²) in [4.78, 5) is 81.7. The standard InChI is InChI=1S/C60H92N6O11/c1-11-45-33-41(8)60(76,64-55(45)71)40(7)32-37(4)27-30-50(68)38(5)20-14-12-15-21-39(6)52-26-17-13-16-25-51(69)43(10)54(70)47(29-28-42(9)67)56(72)63-53(36(2)3)57(73)62-49(35-44-22-18-23-46(61)34-44)58(74)66-31-19-24-48(65-66)59(75)77-52/h12-13,15-18,21-23,25,32,34,36-38,41,43,45,47-54,65,68-70,76H,11,14,19-20,24,26-31,33,35,61H2,1-10H3,(H,62,73)(H,63,72)(H,64,71)/b15-12+,17-13+,25-16+,39-21+,40-32-/t37?,38?,41-,43?,45?,47?,48?,49?,50?,51-,52-,53?,54?,60-/m0/s1. The predicted molar refractivity (Wildman–Crippen MR) is 299 cm³/mol. The van der Waals surface area contributed by atoms with E-state index in [1.807, 2.05) is 58.9 Å². The lowest BCUT2D eigenvalue weighted by molar-refractivity contribution is -0.156. The molecular weight excluding hydrogens is 981 g/mol. The van der Waals surface area contributed by atoms with Crippen LogP contribution in [0.5, 0.6) is 0 Å². The first-order valence-corrected chi connectivity index (χ1v) is 28.0. The Hall–Kier alpha value is -5.46. The van der Waals surface area contributed by atoms with Crippen molar-refractivity contribution in [3.05, 3.63) is 89.6 Å². The lowest BCUT2D eigenvalue weighted by Crippen LogP contribution is -2.62. The van der Waals surface area contributed by atoms with Gasteiger partial charge in [0.15, 0.2) is 5.72 Å². The zero-order chi connectivity index (χ0) is 57.1. The van der Waals surface area contributed by atoms with Crippen LogP contribution in [0.1, 0.15) is 145 Å². The maximum atomic E-state index is 14.5. The number of nitrogens with zero attached hydrogens (tertiary/aromatic N) is 1. The first-order valence-electron chi connectivity index (χ1n) is 28.0. The van der Waals surface area contributed by atoms with Crippen molar-refractivity contribution >= 4 is 41.1 Å². The number of hydrazine groups is 1. The van der Waals surface area contributed by atoms with Crippen LogP contribution in [-0.4, -0.2) is 116 Å². The molecule has 10 N–H and O–H groups in total. The number of piperidine rings is 1. The van der Waals surface area contributed by atoms with Crippen molar-refractivity contribution in [2.45, 2.75) is 195 Å². The molecule has 428 valence electrons. The normalized spacial score (nSPS) is 31.0. The lowest BCUT2D eigenvalue weighted by Gasteiger charge is -2.42. The van der Waals surface area contributed by atoms with Gasteiger partial charge in [-0.05, 0) is 125 Å². The Morgan fingerprint density at radius 2 is 1.70 bits per heavy atom. The molecule has 0 spiro atoms. The van der Waals surface area contributed by atoms with Crippen LogP contribution in [0.2, 0.25) is 0 Å². The van der Waals surface area contributed by atoms with Crippen LogP contribution in [0.25, 0.3) is 0 Å². The minimum absolute atomic E-state index is 0.00556. The predicted octanol–water partition coefficient (Wildman–Crippen LogP) is 6.22. The van der Waals surface area contributed by atoms with Gasteiger partial charge in [0.05, 0.1) is 24.2 Å². The minimum Gasteiger partial charge on any atom is -0.456 e. The Morgan fingerprint density at radius 1 is 0.974 bits per heavy atom. The molecule has 1 aromatic carbocycles. The number of amides is 4. The number of fused-ring (bicyclic) bond motifs is 2. The van der Waals surface area contributed by atoms with Gasteiger partial charge in [-0.2, -0.15) is 0 Å². The van der Waals surface area contributed by atoms with Gasteiger partial charge in [0.25, 0.3) is 5.91 Å². The summed E-state index contributed by atoms with van der Waals surface area (Å²) in [7, 11) is 0. The number of rotatable bonds is 18. The minimum atomic E-state index is -1.42. The fourth-order valence-corrected chi connectivity index (χ4v) is 10.4. The SMILES string of the molecule is CCC1C[C@H](C)[C@@](O)(/C(C)=C\C(C)CCC(O)C(C)CC/C=C/C=C(\C)[C@@H]2C/C=C/C=C/[C@H](O)C(C)C(O)C(CCC(C)=O)C(=O)NC(C(C)C)C(=O)NC(Cc3cccc(N)c3)C(=O)N3CCCC(N3)C(=O)O2)NC1=O. The number of anilines is 1. The second-order valence-corrected chi connectivity index (χ2v) is 22.6. The van der Waals surface area contributed by atoms with Crippen LogP contribution in [0.3, 0.4) is 0 Å². The second kappa shape index (κ2) is 30.6. The molecule has 3 aliphatic rings. The highest BCUT2D eigenvalue weighted by atomic mass is 16.5. The molecule has 17 heteroatoms. The molecule has 14 atom stereocenters. The summed E-state index contributed by atoms with van der Waals surface area (Å²) in [5, 5.41) is 55.2. The molecule has 2 fully saturated rings. The number of Topliss-reactive ketones (excluding diaryl/α,β-unsaturated/α-hetero) is 1. The molecule has 3 heterocycles. The summed E-state index contributed by atoms with van der Waals surface area (Å²) < 4.78 is 6.19. The molecule has 1 aromatic rings. The number of ketones is 1. The Kier molecular flexibility index (Phi) is 25.5. The molecule has 4 rings (SSSR count). The van der Waals surface area contributed by atoms with Gasteiger partial charge in [-0.1, -0.05) is 109 Å². The summed E-state index contributed by atoms with van der Waals surface area (Å²) in [6.45, 7) is 18.4. The van der Waals surface area contributed by atoms with Gasteiger partial charge in [0.2, 0.25) is 17.7 Å². The molecule has 3 aliphatic heterocycles. The fourth-order valence-electron chi connectivity index (χ4n) is 10.4. The van der Waals surface area contributed by atoms with Gasteiger partial charge in [-0.3, -0.25) is 29.0 Å². The summed E-state index contributed by atoms with van der Waals surface area (Å²) in [6, 6.07) is 3.68. The highest BCUT2D eigenvalue weighted by Gasteiger charge is 2.44. The molecule has 2 saturated heterocycles. The maximum Gasteiger partial charge on any atom is 0.325 e. The number of nitrogen functional groups attached to an aromatic ring is 1. The smallest absolute Gasteiger partial charge is 0.325 e. The van der Waals surface area contributed by atoms with Crippen LogP contribution < -0.4 is 27.1 Å². The van der Waals surface area contributed by atoms with Gasteiger partial charge in [0.1, 0.15) is 30.0 Å². The van der Waals surface area contributed by atoms with E-state index in [0.717, 1.165) is 18.4 Å². The van der Waals surface area contributed by atoms with Gasteiger partial charge >= 0.3 is 5.97 Å². The number of hydrogen-bond donors (Lipinski definition) is 9. The van der Waals surface area contributed by atoms with Crippen molar-refractivity contribution in [1.82, 2.24) is 26.4 Å². The number of aliphatic hydroxyl groups excluding tert-OH is 3. The van der Waals surface area contributed by atoms with Gasteiger partial charge in [-0.25, -0.2) is 5.43 Å². The number of aliphatic hydroxyl groups is 4. The van der Waals surface area contributed by atoms with Crippen LogP contribution in [0.15, 0.2) is 84.0 Å².